The van der Waals surface area contributed by atoms with Gasteiger partial charge in [0.15, 0.2) is 6.61 Å². The maximum Gasteiger partial charge on any atom is 0.262 e. The number of nitrogens with zero attached hydrogens (tertiary/aromatic N) is 3. The molecule has 36 heavy (non-hydrogen) atoms. The molecule has 0 atom stereocenters. The van der Waals surface area contributed by atoms with E-state index in [9.17, 15) is 4.79 Å². The molecule has 0 saturated heterocycles. The van der Waals surface area contributed by atoms with E-state index in [0.29, 0.717) is 29.5 Å². The summed E-state index contributed by atoms with van der Waals surface area (Å²) in [6.07, 6.45) is 1.72. The number of hydrogen-bond acceptors (Lipinski definition) is 7. The first-order valence-corrected chi connectivity index (χ1v) is 12.1. The fraction of sp³-hybridized carbons (Fsp3) is 0.148. The van der Waals surface area contributed by atoms with Crippen LogP contribution in [0.5, 0.6) is 17.2 Å². The van der Waals surface area contributed by atoms with Crippen LogP contribution in [-0.2, 0) is 11.3 Å². The van der Waals surface area contributed by atoms with Gasteiger partial charge in [-0.1, -0.05) is 30.3 Å². The van der Waals surface area contributed by atoms with Gasteiger partial charge in [-0.3, -0.25) is 9.79 Å². The predicted octanol–water partition coefficient (Wildman–Crippen LogP) is 4.55. The van der Waals surface area contributed by atoms with Gasteiger partial charge in [0.05, 0.1) is 38.4 Å². The first-order chi connectivity index (χ1) is 17.6. The Kier molecular flexibility index (Phi) is 6.81. The molecule has 1 aromatic heterocycles. The quantitative estimate of drug-likeness (QED) is 0.377. The SMILES string of the molecule is COc1ccc(OC)c(C=Nn2c(-c3ccc4c(c3)NC(=O)CO4)csc2=NCc2ccccc2)c1. The van der Waals surface area contributed by atoms with Gasteiger partial charge in [-0.05, 0) is 42.0 Å². The average Bonchev–Trinajstić information content (AvgIpc) is 3.33. The second kappa shape index (κ2) is 10.5. The van der Waals surface area contributed by atoms with Crippen LogP contribution in [0.4, 0.5) is 5.69 Å². The van der Waals surface area contributed by atoms with E-state index in [1.54, 1.807) is 25.1 Å². The highest BCUT2D eigenvalue weighted by Gasteiger charge is 2.18. The van der Waals surface area contributed by atoms with Gasteiger partial charge in [-0.25, -0.2) is 4.68 Å². The Morgan fingerprint density at radius 2 is 1.94 bits per heavy atom. The first kappa shape index (κ1) is 23.4. The molecular formula is C27H24N4O4S. The molecule has 5 rings (SSSR count). The lowest BCUT2D eigenvalue weighted by atomic mass is 10.1. The van der Waals surface area contributed by atoms with Gasteiger partial charge in [0.25, 0.3) is 5.91 Å². The number of nitrogens with one attached hydrogen (secondary N) is 1. The van der Waals surface area contributed by atoms with Gasteiger partial charge in [0.1, 0.15) is 17.2 Å². The van der Waals surface area contributed by atoms with Crippen molar-refractivity contribution in [3.8, 4) is 28.5 Å². The number of thiazole rings is 1. The summed E-state index contributed by atoms with van der Waals surface area (Å²) >= 11 is 1.49. The van der Waals surface area contributed by atoms with Crippen molar-refractivity contribution in [3.05, 3.63) is 88.0 Å². The smallest absolute Gasteiger partial charge is 0.262 e. The Morgan fingerprint density at radius 1 is 1.08 bits per heavy atom. The van der Waals surface area contributed by atoms with Crippen LogP contribution >= 0.6 is 11.3 Å². The number of ether oxygens (including phenoxy) is 3. The lowest BCUT2D eigenvalue weighted by molar-refractivity contribution is -0.118. The summed E-state index contributed by atoms with van der Waals surface area (Å²) in [5.74, 6) is 1.83. The van der Waals surface area contributed by atoms with Crippen molar-refractivity contribution in [3.63, 3.8) is 0 Å². The third kappa shape index (κ3) is 5.01. The van der Waals surface area contributed by atoms with Crippen LogP contribution < -0.4 is 24.3 Å². The number of carbonyl (C=O) groups excluding carboxylic acids is 1. The molecule has 1 aliphatic rings. The number of benzene rings is 3. The standard InChI is InChI=1S/C27H24N4O4S/c1-33-21-9-11-24(34-2)20(12-21)15-29-31-23(17-36-27(31)28-14-18-6-4-3-5-7-18)19-8-10-25-22(13-19)30-26(32)16-35-25/h3-13,15,17H,14,16H2,1-2H3,(H,30,32). The van der Waals surface area contributed by atoms with Gasteiger partial charge in [0, 0.05) is 16.5 Å². The third-order valence-electron chi connectivity index (χ3n) is 5.58. The minimum atomic E-state index is -0.181. The van der Waals surface area contributed by atoms with E-state index >= 15 is 0 Å². The monoisotopic (exact) mass is 500 g/mol. The molecule has 8 nitrogen and oxygen atoms in total. The Balaban J connectivity index is 1.59. The summed E-state index contributed by atoms with van der Waals surface area (Å²) in [5.41, 5.74) is 4.19. The number of hydrogen-bond donors (Lipinski definition) is 1. The van der Waals surface area contributed by atoms with Crippen molar-refractivity contribution in [1.82, 2.24) is 4.68 Å². The second-order valence-corrected chi connectivity index (χ2v) is 8.75. The predicted molar refractivity (Wildman–Crippen MR) is 140 cm³/mol. The van der Waals surface area contributed by atoms with E-state index in [0.717, 1.165) is 27.2 Å². The van der Waals surface area contributed by atoms with E-state index in [1.807, 2.05) is 72.1 Å². The summed E-state index contributed by atoms with van der Waals surface area (Å²) in [6.45, 7) is 0.535. The zero-order valence-electron chi connectivity index (χ0n) is 19.8. The summed E-state index contributed by atoms with van der Waals surface area (Å²) < 4.78 is 18.2. The minimum absolute atomic E-state index is 0.0139. The van der Waals surface area contributed by atoms with Crippen LogP contribution in [0.1, 0.15) is 11.1 Å². The van der Waals surface area contributed by atoms with Crippen molar-refractivity contribution < 1.29 is 19.0 Å². The summed E-state index contributed by atoms with van der Waals surface area (Å²) in [6, 6.07) is 21.3. The maximum absolute atomic E-state index is 11.8. The van der Waals surface area contributed by atoms with Gasteiger partial charge in [-0.2, -0.15) is 5.10 Å². The minimum Gasteiger partial charge on any atom is -0.497 e. The second-order valence-electron chi connectivity index (χ2n) is 7.92. The molecule has 182 valence electrons. The topological polar surface area (TPSA) is 86.4 Å². The Hall–Kier alpha value is -4.37. The van der Waals surface area contributed by atoms with Crippen molar-refractivity contribution in [2.24, 2.45) is 10.1 Å². The first-order valence-electron chi connectivity index (χ1n) is 11.2. The lowest BCUT2D eigenvalue weighted by Crippen LogP contribution is -2.25. The molecule has 0 saturated carbocycles. The highest BCUT2D eigenvalue weighted by Crippen LogP contribution is 2.33. The van der Waals surface area contributed by atoms with E-state index in [2.05, 4.69) is 5.32 Å². The fourth-order valence-corrected chi connectivity index (χ4v) is 4.60. The number of carbonyl (C=O) groups is 1. The molecule has 2 heterocycles. The van der Waals surface area contributed by atoms with Crippen molar-refractivity contribution in [2.75, 3.05) is 26.1 Å². The third-order valence-corrected chi connectivity index (χ3v) is 6.44. The molecule has 3 aromatic carbocycles. The highest BCUT2D eigenvalue weighted by molar-refractivity contribution is 7.07. The molecule has 0 aliphatic carbocycles. The Morgan fingerprint density at radius 3 is 2.75 bits per heavy atom. The van der Waals surface area contributed by atoms with Crippen LogP contribution in [0, 0.1) is 0 Å². The van der Waals surface area contributed by atoms with Crippen LogP contribution in [0.3, 0.4) is 0 Å². The molecule has 1 amide bonds. The number of fused-ring (bicyclic) bond motifs is 1. The van der Waals surface area contributed by atoms with Gasteiger partial charge in [-0.15, -0.1) is 11.3 Å². The van der Waals surface area contributed by atoms with Gasteiger partial charge in [0.2, 0.25) is 4.80 Å². The maximum atomic E-state index is 11.8. The lowest BCUT2D eigenvalue weighted by Gasteiger charge is -2.18. The normalized spacial score (nSPS) is 13.3. The van der Waals surface area contributed by atoms with Crippen molar-refractivity contribution >= 4 is 29.1 Å². The molecule has 0 radical (unpaired) electrons. The van der Waals surface area contributed by atoms with Crippen LogP contribution in [0.2, 0.25) is 0 Å². The zero-order chi connectivity index (χ0) is 24.9. The largest absolute Gasteiger partial charge is 0.497 e. The van der Waals surface area contributed by atoms with E-state index in [4.69, 9.17) is 24.3 Å². The number of anilines is 1. The fourth-order valence-electron chi connectivity index (χ4n) is 3.76. The molecule has 1 N–H and O–H groups in total. The summed E-state index contributed by atoms with van der Waals surface area (Å²) in [5, 5.41) is 9.65. The molecule has 0 unspecified atom stereocenters. The van der Waals surface area contributed by atoms with Crippen LogP contribution in [0.15, 0.2) is 82.2 Å². The van der Waals surface area contributed by atoms with Crippen molar-refractivity contribution in [1.29, 1.82) is 0 Å². The van der Waals surface area contributed by atoms with E-state index in [-0.39, 0.29) is 12.5 Å². The molecule has 0 spiro atoms. The molecule has 0 fully saturated rings. The number of methoxy groups -OCH3 is 2. The Bertz CT molecular complexity index is 1490. The molecule has 4 aromatic rings. The van der Waals surface area contributed by atoms with E-state index < -0.39 is 0 Å². The molecular weight excluding hydrogens is 476 g/mol. The van der Waals surface area contributed by atoms with Gasteiger partial charge >= 0.3 is 0 Å². The number of rotatable bonds is 7. The zero-order valence-corrected chi connectivity index (χ0v) is 20.6. The van der Waals surface area contributed by atoms with Crippen LogP contribution in [0.25, 0.3) is 11.3 Å². The van der Waals surface area contributed by atoms with Gasteiger partial charge < -0.3 is 19.5 Å². The average molecular weight is 501 g/mol. The molecule has 0 bridgehead atoms. The number of aromatic nitrogens is 1. The summed E-state index contributed by atoms with van der Waals surface area (Å²) in [4.78, 5) is 17.4. The molecule has 9 heteroatoms. The van der Waals surface area contributed by atoms with E-state index in [1.165, 1.54) is 11.3 Å². The Labute approximate surface area is 212 Å². The highest BCUT2D eigenvalue weighted by atomic mass is 32.1. The summed E-state index contributed by atoms with van der Waals surface area (Å²) in [7, 11) is 3.24. The molecule has 1 aliphatic heterocycles. The van der Waals surface area contributed by atoms with Crippen LogP contribution in [-0.4, -0.2) is 37.6 Å². The van der Waals surface area contributed by atoms with Crippen molar-refractivity contribution in [2.45, 2.75) is 6.54 Å². The number of amides is 1.